The molecule has 0 aliphatic heterocycles. The van der Waals surface area contributed by atoms with Gasteiger partial charge in [-0.05, 0) is 0 Å². The average molecular weight is 99.1 g/mol. The highest BCUT2D eigenvalue weighted by molar-refractivity contribution is 4.97. The minimum absolute atomic E-state index is 0.259. The Morgan fingerprint density at radius 3 is 2.57 bits per heavy atom. The molecule has 0 rings (SSSR count). The van der Waals surface area contributed by atoms with Crippen LogP contribution in [0.15, 0.2) is 0 Å². The SMILES string of the molecule is C#CC(N)CNN. The molecule has 40 valence electrons. The maximum atomic E-state index is 5.20. The molecule has 5 N–H and O–H groups in total. The van der Waals surface area contributed by atoms with E-state index in [9.17, 15) is 0 Å². The lowest BCUT2D eigenvalue weighted by Crippen LogP contribution is -2.36. The number of hydrogen-bond donors (Lipinski definition) is 3. The fourth-order valence-electron chi connectivity index (χ4n) is 0.186. The van der Waals surface area contributed by atoms with E-state index < -0.39 is 0 Å². The summed E-state index contributed by atoms with van der Waals surface area (Å²) in [6.45, 7) is 0.469. The molecule has 0 radical (unpaired) electrons. The lowest BCUT2D eigenvalue weighted by Gasteiger charge is -1.98. The average Bonchev–Trinajstić information content (AvgIpc) is 1.68. The van der Waals surface area contributed by atoms with Gasteiger partial charge in [-0.2, -0.15) is 0 Å². The van der Waals surface area contributed by atoms with Gasteiger partial charge >= 0.3 is 0 Å². The Morgan fingerprint density at radius 1 is 1.86 bits per heavy atom. The molecule has 0 saturated heterocycles. The predicted molar refractivity (Wildman–Crippen MR) is 29.0 cm³/mol. The van der Waals surface area contributed by atoms with Gasteiger partial charge in [0.15, 0.2) is 0 Å². The summed E-state index contributed by atoms with van der Waals surface area (Å²) >= 11 is 0. The minimum Gasteiger partial charge on any atom is -0.317 e. The highest BCUT2D eigenvalue weighted by Crippen LogP contribution is 1.63. The Bertz CT molecular complexity index is 73.5. The molecule has 0 heterocycles. The number of terminal acetylenes is 1. The van der Waals surface area contributed by atoms with Crippen molar-refractivity contribution in [2.75, 3.05) is 6.54 Å². The van der Waals surface area contributed by atoms with Crippen molar-refractivity contribution in [3.63, 3.8) is 0 Å². The zero-order valence-electron chi connectivity index (χ0n) is 4.02. The van der Waals surface area contributed by atoms with Crippen molar-refractivity contribution < 1.29 is 0 Å². The van der Waals surface area contributed by atoms with Gasteiger partial charge in [0.2, 0.25) is 0 Å². The summed E-state index contributed by atoms with van der Waals surface area (Å²) in [5.74, 6) is 7.18. The van der Waals surface area contributed by atoms with Crippen LogP contribution < -0.4 is 17.0 Å². The van der Waals surface area contributed by atoms with Crippen molar-refractivity contribution in [3.8, 4) is 12.3 Å². The van der Waals surface area contributed by atoms with Crippen LogP contribution in [0.5, 0.6) is 0 Å². The van der Waals surface area contributed by atoms with Crippen molar-refractivity contribution in [2.24, 2.45) is 11.6 Å². The van der Waals surface area contributed by atoms with Gasteiger partial charge in [0.1, 0.15) is 0 Å². The van der Waals surface area contributed by atoms with E-state index in [4.69, 9.17) is 18.0 Å². The minimum atomic E-state index is -0.259. The van der Waals surface area contributed by atoms with Crippen LogP contribution in [0.2, 0.25) is 0 Å². The molecule has 0 aromatic rings. The summed E-state index contributed by atoms with van der Waals surface area (Å²) in [7, 11) is 0. The molecule has 0 aliphatic carbocycles. The van der Waals surface area contributed by atoms with Crippen LogP contribution in [0.1, 0.15) is 0 Å². The summed E-state index contributed by atoms with van der Waals surface area (Å²) in [5.41, 5.74) is 7.56. The highest BCUT2D eigenvalue weighted by atomic mass is 15.2. The van der Waals surface area contributed by atoms with Gasteiger partial charge in [0.05, 0.1) is 6.04 Å². The van der Waals surface area contributed by atoms with Gasteiger partial charge < -0.3 is 5.73 Å². The second kappa shape index (κ2) is 3.62. The Hall–Kier alpha value is -0.560. The van der Waals surface area contributed by atoms with Crippen LogP contribution in [-0.2, 0) is 0 Å². The molecule has 0 amide bonds. The fraction of sp³-hybridized carbons (Fsp3) is 0.500. The molecular weight excluding hydrogens is 90.1 g/mol. The van der Waals surface area contributed by atoms with Gasteiger partial charge in [-0.1, -0.05) is 5.92 Å². The van der Waals surface area contributed by atoms with E-state index in [0.717, 1.165) is 0 Å². The lowest BCUT2D eigenvalue weighted by atomic mass is 10.3. The van der Waals surface area contributed by atoms with Gasteiger partial charge in [-0.15, -0.1) is 6.42 Å². The molecule has 7 heavy (non-hydrogen) atoms. The van der Waals surface area contributed by atoms with E-state index in [-0.39, 0.29) is 6.04 Å². The summed E-state index contributed by atoms with van der Waals surface area (Å²) in [6, 6.07) is -0.259. The zero-order valence-corrected chi connectivity index (χ0v) is 4.02. The highest BCUT2D eigenvalue weighted by Gasteiger charge is 1.89. The normalized spacial score (nSPS) is 12.7. The molecule has 0 saturated carbocycles. The summed E-state index contributed by atoms with van der Waals surface area (Å²) < 4.78 is 0. The molecule has 0 bridgehead atoms. The van der Waals surface area contributed by atoms with Gasteiger partial charge in [-0.3, -0.25) is 11.3 Å². The molecular formula is C4H9N3. The third kappa shape index (κ3) is 3.27. The van der Waals surface area contributed by atoms with E-state index >= 15 is 0 Å². The quantitative estimate of drug-likeness (QED) is 0.222. The van der Waals surface area contributed by atoms with E-state index in [1.165, 1.54) is 0 Å². The van der Waals surface area contributed by atoms with Crippen molar-refractivity contribution in [1.82, 2.24) is 5.43 Å². The number of nitrogens with two attached hydrogens (primary N) is 2. The number of nitrogens with one attached hydrogen (secondary N) is 1. The van der Waals surface area contributed by atoms with E-state index in [2.05, 4.69) is 11.3 Å². The predicted octanol–water partition coefficient (Wildman–Crippen LogP) is -1.59. The monoisotopic (exact) mass is 99.1 g/mol. The summed E-state index contributed by atoms with van der Waals surface area (Å²) in [5, 5.41) is 0. The van der Waals surface area contributed by atoms with Crippen LogP contribution in [0.25, 0.3) is 0 Å². The van der Waals surface area contributed by atoms with Gasteiger partial charge in [-0.25, -0.2) is 0 Å². The van der Waals surface area contributed by atoms with Crippen LogP contribution >= 0.6 is 0 Å². The maximum Gasteiger partial charge on any atom is 0.0802 e. The first kappa shape index (κ1) is 6.44. The summed E-state index contributed by atoms with van der Waals surface area (Å²) in [6.07, 6.45) is 4.89. The second-order valence-corrected chi connectivity index (χ2v) is 1.18. The number of hydrazine groups is 1. The molecule has 0 aliphatic rings. The van der Waals surface area contributed by atoms with Crippen LogP contribution in [-0.4, -0.2) is 12.6 Å². The van der Waals surface area contributed by atoms with E-state index in [0.29, 0.717) is 6.54 Å². The van der Waals surface area contributed by atoms with Gasteiger partial charge in [0, 0.05) is 6.54 Å². The molecule has 0 spiro atoms. The maximum absolute atomic E-state index is 5.20. The van der Waals surface area contributed by atoms with Crippen molar-refractivity contribution in [1.29, 1.82) is 0 Å². The van der Waals surface area contributed by atoms with Gasteiger partial charge in [0.25, 0.3) is 0 Å². The van der Waals surface area contributed by atoms with Crippen LogP contribution in [0, 0.1) is 12.3 Å². The first-order valence-electron chi connectivity index (χ1n) is 1.96. The smallest absolute Gasteiger partial charge is 0.0802 e. The lowest BCUT2D eigenvalue weighted by molar-refractivity contribution is 0.681. The Labute approximate surface area is 43.0 Å². The third-order valence-electron chi connectivity index (χ3n) is 0.552. The van der Waals surface area contributed by atoms with E-state index in [1.54, 1.807) is 0 Å². The fourth-order valence-corrected chi connectivity index (χ4v) is 0.186. The first-order valence-corrected chi connectivity index (χ1v) is 1.96. The molecule has 0 aromatic carbocycles. The molecule has 3 heteroatoms. The van der Waals surface area contributed by atoms with Crippen molar-refractivity contribution in [3.05, 3.63) is 0 Å². The molecule has 0 fully saturated rings. The Balaban J connectivity index is 3.04. The zero-order chi connectivity index (χ0) is 5.70. The first-order chi connectivity index (χ1) is 3.31. The number of rotatable bonds is 2. The summed E-state index contributed by atoms with van der Waals surface area (Å²) in [4.78, 5) is 0. The Kier molecular flexibility index (Phi) is 3.33. The molecule has 1 atom stereocenters. The Morgan fingerprint density at radius 2 is 2.43 bits per heavy atom. The standard InChI is InChI=1S/C4H9N3/c1-2-4(5)3-7-6/h1,4,7H,3,5-6H2. The molecule has 1 unspecified atom stereocenters. The second-order valence-electron chi connectivity index (χ2n) is 1.18. The molecule has 3 nitrogen and oxygen atoms in total. The number of hydrogen-bond acceptors (Lipinski definition) is 3. The van der Waals surface area contributed by atoms with Crippen LogP contribution in [0.4, 0.5) is 0 Å². The van der Waals surface area contributed by atoms with Crippen LogP contribution in [0.3, 0.4) is 0 Å². The third-order valence-corrected chi connectivity index (χ3v) is 0.552. The van der Waals surface area contributed by atoms with Crippen molar-refractivity contribution in [2.45, 2.75) is 6.04 Å². The molecule has 0 aromatic heterocycles. The van der Waals surface area contributed by atoms with Crippen molar-refractivity contribution >= 4 is 0 Å². The largest absolute Gasteiger partial charge is 0.317 e. The van der Waals surface area contributed by atoms with E-state index in [1.807, 2.05) is 0 Å². The topological polar surface area (TPSA) is 64.1 Å².